The highest BCUT2D eigenvalue weighted by atomic mass is 16.5. The van der Waals surface area contributed by atoms with Gasteiger partial charge in [-0.15, -0.1) is 0 Å². The SMILES string of the molecule is CCOC(=O)CNC(=O)C(=O)[C@H](COCc1ccccc1)NC(=O)[C@H](CC1CCCCC1)NC(=O)C1CCCCCC1. The van der Waals surface area contributed by atoms with Crippen molar-refractivity contribution in [2.45, 2.75) is 103 Å². The van der Waals surface area contributed by atoms with Crippen LogP contribution in [0.4, 0.5) is 0 Å². The minimum Gasteiger partial charge on any atom is -0.465 e. The molecule has 2 saturated carbocycles. The minimum absolute atomic E-state index is 0.122. The number of benzene rings is 1. The number of carbonyl (C=O) groups is 5. The zero-order chi connectivity index (χ0) is 30.2. The number of nitrogens with one attached hydrogen (secondary N) is 3. The van der Waals surface area contributed by atoms with Gasteiger partial charge >= 0.3 is 5.97 Å². The van der Waals surface area contributed by atoms with Gasteiger partial charge in [0.1, 0.15) is 18.6 Å². The number of hydrogen-bond donors (Lipinski definition) is 3. The number of amides is 3. The van der Waals surface area contributed by atoms with Gasteiger partial charge in [-0.05, 0) is 37.7 Å². The summed E-state index contributed by atoms with van der Waals surface area (Å²) >= 11 is 0. The molecule has 0 aromatic heterocycles. The van der Waals surface area contributed by atoms with Crippen molar-refractivity contribution in [2.24, 2.45) is 11.8 Å². The standard InChI is InChI=1S/C32H47N3O7/c1-2-42-28(36)20-33-32(40)29(37)27(22-41-21-24-15-9-6-10-16-24)35-31(39)26(19-23-13-7-5-8-14-23)34-30(38)25-17-11-3-4-12-18-25/h6,9-10,15-16,23,25-27H,2-5,7-8,11-14,17-22H2,1H3,(H,33,40)(H,34,38)(H,35,39)/t26-,27-/m0/s1. The Labute approximate surface area is 249 Å². The lowest BCUT2D eigenvalue weighted by molar-refractivity contribution is -0.146. The fourth-order valence-electron chi connectivity index (χ4n) is 5.75. The first-order chi connectivity index (χ1) is 20.4. The quantitative estimate of drug-likeness (QED) is 0.163. The van der Waals surface area contributed by atoms with Crippen LogP contribution in [0, 0.1) is 11.8 Å². The Morgan fingerprint density at radius 2 is 1.48 bits per heavy atom. The van der Waals surface area contributed by atoms with E-state index < -0.39 is 42.2 Å². The van der Waals surface area contributed by atoms with Gasteiger partial charge in [-0.1, -0.05) is 88.1 Å². The largest absolute Gasteiger partial charge is 0.465 e. The molecule has 3 N–H and O–H groups in total. The summed E-state index contributed by atoms with van der Waals surface area (Å²) in [6.07, 6.45) is 11.6. The smallest absolute Gasteiger partial charge is 0.325 e. The lowest BCUT2D eigenvalue weighted by Crippen LogP contribution is -2.56. The Balaban J connectivity index is 1.71. The molecule has 2 aliphatic rings. The van der Waals surface area contributed by atoms with Gasteiger partial charge < -0.3 is 25.4 Å². The van der Waals surface area contributed by atoms with Gasteiger partial charge in [0.25, 0.3) is 5.91 Å². The van der Waals surface area contributed by atoms with E-state index in [1.807, 2.05) is 30.3 Å². The van der Waals surface area contributed by atoms with Crippen molar-refractivity contribution in [3.05, 3.63) is 35.9 Å². The monoisotopic (exact) mass is 585 g/mol. The van der Waals surface area contributed by atoms with Crippen LogP contribution in [-0.2, 0) is 40.1 Å². The second kappa shape index (κ2) is 18.3. The zero-order valence-corrected chi connectivity index (χ0v) is 24.9. The topological polar surface area (TPSA) is 140 Å². The third-order valence-electron chi connectivity index (χ3n) is 8.10. The first-order valence-electron chi connectivity index (χ1n) is 15.6. The van der Waals surface area contributed by atoms with Crippen molar-refractivity contribution in [1.82, 2.24) is 16.0 Å². The summed E-state index contributed by atoms with van der Waals surface area (Å²) in [6.45, 7) is 1.24. The summed E-state index contributed by atoms with van der Waals surface area (Å²) in [5, 5.41) is 7.97. The second-order valence-corrected chi connectivity index (χ2v) is 11.4. The van der Waals surface area contributed by atoms with Gasteiger partial charge in [0.05, 0.1) is 19.8 Å². The molecule has 0 heterocycles. The summed E-state index contributed by atoms with van der Waals surface area (Å²) < 4.78 is 10.6. The Hall–Kier alpha value is -3.27. The molecule has 3 rings (SSSR count). The van der Waals surface area contributed by atoms with E-state index in [0.29, 0.717) is 12.3 Å². The molecule has 0 spiro atoms. The highest BCUT2D eigenvalue weighted by Gasteiger charge is 2.33. The molecule has 1 aromatic carbocycles. The van der Waals surface area contributed by atoms with E-state index in [0.717, 1.165) is 76.2 Å². The van der Waals surface area contributed by atoms with Crippen molar-refractivity contribution in [2.75, 3.05) is 19.8 Å². The normalized spacial score (nSPS) is 17.7. The Morgan fingerprint density at radius 1 is 0.833 bits per heavy atom. The molecule has 232 valence electrons. The molecule has 10 nitrogen and oxygen atoms in total. The molecule has 1 aromatic rings. The highest BCUT2D eigenvalue weighted by Crippen LogP contribution is 2.28. The van der Waals surface area contributed by atoms with E-state index >= 15 is 0 Å². The number of esters is 1. The highest BCUT2D eigenvalue weighted by molar-refractivity contribution is 6.38. The minimum atomic E-state index is -1.30. The number of hydrogen-bond acceptors (Lipinski definition) is 7. The maximum Gasteiger partial charge on any atom is 0.325 e. The fourth-order valence-corrected chi connectivity index (χ4v) is 5.75. The average Bonchev–Trinajstić information content (AvgIpc) is 3.30. The van der Waals surface area contributed by atoms with Crippen LogP contribution in [0.15, 0.2) is 30.3 Å². The molecular weight excluding hydrogens is 538 g/mol. The third kappa shape index (κ3) is 11.5. The van der Waals surface area contributed by atoms with E-state index in [4.69, 9.17) is 9.47 Å². The zero-order valence-electron chi connectivity index (χ0n) is 24.9. The van der Waals surface area contributed by atoms with E-state index in [-0.39, 0.29) is 31.6 Å². The molecule has 2 fully saturated rings. The molecule has 0 bridgehead atoms. The van der Waals surface area contributed by atoms with Crippen LogP contribution in [0.2, 0.25) is 0 Å². The number of ether oxygens (including phenoxy) is 2. The van der Waals surface area contributed by atoms with Crippen LogP contribution in [0.3, 0.4) is 0 Å². The fraction of sp³-hybridized carbons (Fsp3) is 0.656. The maximum absolute atomic E-state index is 13.7. The molecule has 42 heavy (non-hydrogen) atoms. The molecule has 0 unspecified atom stereocenters. The van der Waals surface area contributed by atoms with Crippen molar-refractivity contribution in [1.29, 1.82) is 0 Å². The van der Waals surface area contributed by atoms with Gasteiger partial charge in [-0.25, -0.2) is 0 Å². The second-order valence-electron chi connectivity index (χ2n) is 11.4. The molecule has 2 atom stereocenters. The number of carbonyl (C=O) groups excluding carboxylic acids is 5. The Kier molecular flexibility index (Phi) is 14.5. The summed E-state index contributed by atoms with van der Waals surface area (Å²) in [5.41, 5.74) is 0.868. The Morgan fingerprint density at radius 3 is 2.14 bits per heavy atom. The summed E-state index contributed by atoms with van der Waals surface area (Å²) in [4.78, 5) is 64.5. The summed E-state index contributed by atoms with van der Waals surface area (Å²) in [6, 6.07) is 7.20. The Bertz CT molecular complexity index is 1020. The van der Waals surface area contributed by atoms with Crippen LogP contribution in [0.25, 0.3) is 0 Å². The van der Waals surface area contributed by atoms with Crippen molar-refractivity contribution < 1.29 is 33.4 Å². The molecular formula is C32H47N3O7. The van der Waals surface area contributed by atoms with Crippen molar-refractivity contribution in [3.8, 4) is 0 Å². The van der Waals surface area contributed by atoms with E-state index in [1.165, 1.54) is 0 Å². The predicted octanol–water partition coefficient (Wildman–Crippen LogP) is 3.36. The molecule has 10 heteroatoms. The predicted molar refractivity (Wildman–Crippen MR) is 157 cm³/mol. The molecule has 0 saturated heterocycles. The third-order valence-corrected chi connectivity index (χ3v) is 8.10. The van der Waals surface area contributed by atoms with Gasteiger partial charge in [0.2, 0.25) is 17.6 Å². The molecule has 0 aliphatic heterocycles. The first kappa shape index (κ1) is 33.2. The number of Topliss-reactive ketones (excluding diaryl/α,β-unsaturated/α-hetero) is 1. The van der Waals surface area contributed by atoms with Crippen molar-refractivity contribution >= 4 is 29.5 Å². The maximum atomic E-state index is 13.7. The molecule has 3 amide bonds. The van der Waals surface area contributed by atoms with E-state index in [9.17, 15) is 24.0 Å². The van der Waals surface area contributed by atoms with Crippen LogP contribution in [0.1, 0.15) is 89.5 Å². The van der Waals surface area contributed by atoms with Gasteiger partial charge in [0.15, 0.2) is 0 Å². The lowest BCUT2D eigenvalue weighted by Gasteiger charge is -2.29. The van der Waals surface area contributed by atoms with Crippen LogP contribution >= 0.6 is 0 Å². The summed E-state index contributed by atoms with van der Waals surface area (Å²) in [5.74, 6) is -3.11. The molecule has 0 radical (unpaired) electrons. The van der Waals surface area contributed by atoms with Gasteiger partial charge in [-0.2, -0.15) is 0 Å². The van der Waals surface area contributed by atoms with Gasteiger partial charge in [-0.3, -0.25) is 24.0 Å². The molecule has 2 aliphatic carbocycles. The van der Waals surface area contributed by atoms with Gasteiger partial charge in [0, 0.05) is 5.92 Å². The summed E-state index contributed by atoms with van der Waals surface area (Å²) in [7, 11) is 0. The number of ketones is 1. The van der Waals surface area contributed by atoms with Crippen LogP contribution in [-0.4, -0.2) is 61.3 Å². The number of rotatable bonds is 15. The van der Waals surface area contributed by atoms with E-state index in [1.54, 1.807) is 6.92 Å². The van der Waals surface area contributed by atoms with Crippen LogP contribution in [0.5, 0.6) is 0 Å². The first-order valence-corrected chi connectivity index (χ1v) is 15.6. The lowest BCUT2D eigenvalue weighted by atomic mass is 9.84. The van der Waals surface area contributed by atoms with Crippen molar-refractivity contribution in [3.63, 3.8) is 0 Å². The average molecular weight is 586 g/mol. The van der Waals surface area contributed by atoms with E-state index in [2.05, 4.69) is 16.0 Å². The van der Waals surface area contributed by atoms with Crippen LogP contribution < -0.4 is 16.0 Å².